The van der Waals surface area contributed by atoms with Gasteiger partial charge in [-0.05, 0) is 52.0 Å². The molecule has 1 unspecified atom stereocenters. The highest BCUT2D eigenvalue weighted by Crippen LogP contribution is 2.23. The van der Waals surface area contributed by atoms with Crippen LogP contribution in [0.25, 0.3) is 0 Å². The van der Waals surface area contributed by atoms with Crippen molar-refractivity contribution in [2.24, 2.45) is 0 Å². The average Bonchev–Trinajstić information content (AvgIpc) is 3.22. The molecule has 126 valence electrons. The van der Waals surface area contributed by atoms with Crippen molar-refractivity contribution >= 4 is 5.91 Å². The molecule has 0 aromatic carbocycles. The summed E-state index contributed by atoms with van der Waals surface area (Å²) in [7, 11) is 0. The number of carbonyl (C=O) groups is 1. The highest BCUT2D eigenvalue weighted by atomic mass is 16.2. The Morgan fingerprint density at radius 2 is 2.30 bits per heavy atom. The van der Waals surface area contributed by atoms with E-state index in [2.05, 4.69) is 28.0 Å². The minimum atomic E-state index is 0.242. The third-order valence-electron chi connectivity index (χ3n) is 4.93. The molecule has 1 aliphatic heterocycles. The van der Waals surface area contributed by atoms with E-state index < -0.39 is 0 Å². The normalized spacial score (nSPS) is 22.1. The number of amides is 1. The predicted octanol–water partition coefficient (Wildman–Crippen LogP) is 2.05. The number of likely N-dealkylation sites (tertiary alicyclic amines) is 1. The highest BCUT2D eigenvalue weighted by Gasteiger charge is 2.29. The molecule has 1 amide bonds. The number of hydrogen-bond donors (Lipinski definition) is 0. The predicted molar refractivity (Wildman–Crippen MR) is 88.6 cm³/mol. The van der Waals surface area contributed by atoms with Crippen LogP contribution in [0, 0.1) is 0 Å². The number of nitrogens with zero attached hydrogens (tertiary/aromatic N) is 5. The van der Waals surface area contributed by atoms with Gasteiger partial charge in [-0.25, -0.2) is 4.98 Å². The second-order valence-corrected chi connectivity index (χ2v) is 6.46. The Balaban J connectivity index is 1.60. The monoisotopic (exact) mass is 317 g/mol. The van der Waals surface area contributed by atoms with Crippen LogP contribution in [0.2, 0.25) is 0 Å². The van der Waals surface area contributed by atoms with Crippen LogP contribution in [0.5, 0.6) is 0 Å². The van der Waals surface area contributed by atoms with Gasteiger partial charge in [-0.15, -0.1) is 0 Å². The van der Waals surface area contributed by atoms with Crippen molar-refractivity contribution < 1.29 is 4.79 Å². The summed E-state index contributed by atoms with van der Waals surface area (Å²) in [5, 5.41) is 4.19. The van der Waals surface area contributed by atoms with Crippen LogP contribution in [-0.2, 0) is 11.3 Å². The second kappa shape index (κ2) is 7.73. The van der Waals surface area contributed by atoms with Crippen molar-refractivity contribution in [2.75, 3.05) is 19.6 Å². The van der Waals surface area contributed by atoms with Crippen LogP contribution in [0.15, 0.2) is 24.4 Å². The van der Waals surface area contributed by atoms with E-state index in [0.29, 0.717) is 12.6 Å². The topological polar surface area (TPSA) is 54.3 Å². The van der Waals surface area contributed by atoms with Gasteiger partial charge in [0.1, 0.15) is 12.7 Å². The minimum Gasteiger partial charge on any atom is -0.316 e. The summed E-state index contributed by atoms with van der Waals surface area (Å²) < 4.78 is 1.87. The maximum Gasteiger partial charge on any atom is 0.240 e. The third-order valence-corrected chi connectivity index (χ3v) is 4.93. The summed E-state index contributed by atoms with van der Waals surface area (Å²) in [4.78, 5) is 21.1. The van der Waals surface area contributed by atoms with Crippen molar-refractivity contribution in [3.63, 3.8) is 0 Å². The van der Waals surface area contributed by atoms with E-state index in [-0.39, 0.29) is 5.91 Å². The first-order chi connectivity index (χ1) is 11.3. The lowest BCUT2D eigenvalue weighted by Crippen LogP contribution is -2.43. The van der Waals surface area contributed by atoms with Gasteiger partial charge in [0.2, 0.25) is 5.91 Å². The molecule has 1 fully saturated rings. The van der Waals surface area contributed by atoms with Gasteiger partial charge in [0.15, 0.2) is 0 Å². The first-order valence-corrected chi connectivity index (χ1v) is 8.83. The van der Waals surface area contributed by atoms with E-state index in [9.17, 15) is 4.79 Å². The molecule has 1 saturated heterocycles. The fourth-order valence-electron chi connectivity index (χ4n) is 3.72. The maximum absolute atomic E-state index is 12.8. The summed E-state index contributed by atoms with van der Waals surface area (Å²) in [6, 6.07) is 0.389. The Bertz CT molecular complexity index is 539. The molecule has 23 heavy (non-hydrogen) atoms. The number of carbonyl (C=O) groups excluding carboxylic acids is 1. The molecular formula is C17H27N5O. The lowest BCUT2D eigenvalue weighted by atomic mass is 10.0. The van der Waals surface area contributed by atoms with Gasteiger partial charge < -0.3 is 4.90 Å². The van der Waals surface area contributed by atoms with E-state index in [1.165, 1.54) is 18.5 Å². The summed E-state index contributed by atoms with van der Waals surface area (Å²) in [5.41, 5.74) is 1.23. The molecule has 2 heterocycles. The Morgan fingerprint density at radius 1 is 1.39 bits per heavy atom. The smallest absolute Gasteiger partial charge is 0.240 e. The van der Waals surface area contributed by atoms with E-state index in [1.54, 1.807) is 12.7 Å². The van der Waals surface area contributed by atoms with Crippen molar-refractivity contribution in [1.29, 1.82) is 0 Å². The zero-order valence-corrected chi connectivity index (χ0v) is 14.0. The molecule has 3 rings (SSSR count). The quantitative estimate of drug-likeness (QED) is 0.806. The number of allylic oxidation sites excluding steroid dienone is 2. The summed E-state index contributed by atoms with van der Waals surface area (Å²) in [6.45, 7) is 5.19. The fraction of sp³-hybridized carbons (Fsp3) is 0.706. The Hall–Kier alpha value is -1.69. The lowest BCUT2D eigenvalue weighted by molar-refractivity contribution is -0.130. The van der Waals surface area contributed by atoms with Crippen LogP contribution in [-0.4, -0.2) is 56.1 Å². The van der Waals surface area contributed by atoms with Gasteiger partial charge in [0.25, 0.3) is 0 Å². The van der Waals surface area contributed by atoms with Crippen molar-refractivity contribution in [3.05, 3.63) is 24.4 Å². The van der Waals surface area contributed by atoms with Crippen LogP contribution in [0.4, 0.5) is 0 Å². The molecule has 2 aliphatic rings. The second-order valence-electron chi connectivity index (χ2n) is 6.46. The molecule has 0 radical (unpaired) electrons. The largest absolute Gasteiger partial charge is 0.316 e. The molecule has 1 aromatic heterocycles. The van der Waals surface area contributed by atoms with E-state index in [0.717, 1.165) is 45.3 Å². The lowest BCUT2D eigenvalue weighted by Gasteiger charge is -2.30. The molecule has 1 aromatic rings. The zero-order chi connectivity index (χ0) is 16.1. The number of hydrogen-bond acceptors (Lipinski definition) is 4. The summed E-state index contributed by atoms with van der Waals surface area (Å²) >= 11 is 0. The van der Waals surface area contributed by atoms with Crippen LogP contribution in [0.3, 0.4) is 0 Å². The summed E-state index contributed by atoms with van der Waals surface area (Å²) in [6.07, 6.45) is 12.5. The average molecular weight is 317 g/mol. The molecule has 1 aliphatic carbocycles. The molecule has 0 spiro atoms. The molecule has 0 bridgehead atoms. The van der Waals surface area contributed by atoms with Gasteiger partial charge >= 0.3 is 0 Å². The number of rotatable bonds is 6. The van der Waals surface area contributed by atoms with E-state index in [4.69, 9.17) is 0 Å². The van der Waals surface area contributed by atoms with Crippen molar-refractivity contribution in [1.82, 2.24) is 24.6 Å². The zero-order valence-electron chi connectivity index (χ0n) is 14.0. The molecule has 6 nitrogen and oxygen atoms in total. The van der Waals surface area contributed by atoms with Gasteiger partial charge in [-0.1, -0.05) is 6.08 Å². The highest BCUT2D eigenvalue weighted by molar-refractivity contribution is 5.80. The standard InChI is InChI=1S/C17H27N5O/c1-2-22(15-7-4-3-5-8-15)17(23)12-20-10-6-9-16(20)11-21-14-18-13-19-21/h7,13-14,16H,2-6,8-12H2,1H3. The van der Waals surface area contributed by atoms with Gasteiger partial charge in [0, 0.05) is 18.3 Å². The van der Waals surface area contributed by atoms with Crippen molar-refractivity contribution in [2.45, 2.75) is 58.0 Å². The van der Waals surface area contributed by atoms with Gasteiger partial charge in [-0.3, -0.25) is 14.4 Å². The fourth-order valence-corrected chi connectivity index (χ4v) is 3.72. The molecular weight excluding hydrogens is 290 g/mol. The van der Waals surface area contributed by atoms with Gasteiger partial charge in [-0.2, -0.15) is 5.10 Å². The first-order valence-electron chi connectivity index (χ1n) is 8.83. The maximum atomic E-state index is 12.8. The Labute approximate surface area is 138 Å². The number of likely N-dealkylation sites (N-methyl/N-ethyl adjacent to an activating group) is 1. The Kier molecular flexibility index (Phi) is 5.43. The van der Waals surface area contributed by atoms with E-state index >= 15 is 0 Å². The third kappa shape index (κ3) is 3.99. The van der Waals surface area contributed by atoms with Crippen LogP contribution < -0.4 is 0 Å². The van der Waals surface area contributed by atoms with Crippen molar-refractivity contribution in [3.8, 4) is 0 Å². The summed E-state index contributed by atoms with van der Waals surface area (Å²) in [5.74, 6) is 0.242. The SMILES string of the molecule is CCN(C(=O)CN1CCCC1Cn1cncn1)C1=CCCCC1. The van der Waals surface area contributed by atoms with E-state index in [1.807, 2.05) is 9.58 Å². The molecule has 0 saturated carbocycles. The molecule has 0 N–H and O–H groups in total. The van der Waals surface area contributed by atoms with Crippen LogP contribution >= 0.6 is 0 Å². The van der Waals surface area contributed by atoms with Crippen LogP contribution in [0.1, 0.15) is 45.4 Å². The Morgan fingerprint density at radius 3 is 3.00 bits per heavy atom. The molecule has 6 heteroatoms. The minimum absolute atomic E-state index is 0.242. The number of aromatic nitrogens is 3. The molecule has 1 atom stereocenters. The van der Waals surface area contributed by atoms with Gasteiger partial charge in [0.05, 0.1) is 13.1 Å². The first kappa shape index (κ1) is 16.2.